The molecule has 1 atom stereocenters. The van der Waals surface area contributed by atoms with Gasteiger partial charge >= 0.3 is 0 Å². The Kier molecular flexibility index (Phi) is 3.60. The quantitative estimate of drug-likeness (QED) is 0.908. The Morgan fingerprint density at radius 2 is 2.24 bits per heavy atom. The molecule has 0 aliphatic heterocycles. The first-order chi connectivity index (χ1) is 10.1. The lowest BCUT2D eigenvalue weighted by Crippen LogP contribution is -2.19. The third-order valence-electron chi connectivity index (χ3n) is 4.04. The van der Waals surface area contributed by atoms with Crippen LogP contribution in [0.3, 0.4) is 0 Å². The predicted molar refractivity (Wildman–Crippen MR) is 83.2 cm³/mol. The highest BCUT2D eigenvalue weighted by atomic mass is 16.1. The van der Waals surface area contributed by atoms with E-state index >= 15 is 0 Å². The van der Waals surface area contributed by atoms with E-state index in [1.54, 1.807) is 6.07 Å². The number of nitrogens with one attached hydrogen (secondary N) is 1. The Bertz CT molecular complexity index is 681. The Hall–Kier alpha value is -2.36. The van der Waals surface area contributed by atoms with Gasteiger partial charge in [0.05, 0.1) is 11.7 Å². The van der Waals surface area contributed by atoms with Gasteiger partial charge in [-0.1, -0.05) is 6.07 Å². The van der Waals surface area contributed by atoms with Crippen molar-refractivity contribution in [2.24, 2.45) is 5.73 Å². The number of fused-ring (bicyclic) bond motifs is 1. The molecule has 1 heterocycles. The fraction of sp³-hybridized carbons (Fsp3) is 0.294. The predicted octanol–water partition coefficient (Wildman–Crippen LogP) is 2.98. The number of carbonyl (C=O) groups excluding carboxylic acids is 1. The Balaban J connectivity index is 1.86. The van der Waals surface area contributed by atoms with E-state index in [0.717, 1.165) is 36.2 Å². The van der Waals surface area contributed by atoms with E-state index in [0.29, 0.717) is 5.56 Å². The second-order valence-corrected chi connectivity index (χ2v) is 5.53. The third kappa shape index (κ3) is 2.75. The molecule has 0 fully saturated rings. The number of amides is 1. The number of benzene rings is 1. The monoisotopic (exact) mass is 281 g/mol. The SMILES string of the molecule is Cc1cc(C(N)=O)ccc1NC1CCCc2cccnc21. The van der Waals surface area contributed by atoms with Crippen molar-refractivity contribution < 1.29 is 4.79 Å². The van der Waals surface area contributed by atoms with Crippen LogP contribution in [0.5, 0.6) is 0 Å². The van der Waals surface area contributed by atoms with Gasteiger partial charge in [-0.25, -0.2) is 0 Å². The van der Waals surface area contributed by atoms with E-state index in [9.17, 15) is 4.79 Å². The zero-order valence-corrected chi connectivity index (χ0v) is 12.1. The number of hydrogen-bond donors (Lipinski definition) is 2. The fourth-order valence-electron chi connectivity index (χ4n) is 2.92. The van der Waals surface area contributed by atoms with Crippen molar-refractivity contribution in [3.63, 3.8) is 0 Å². The summed E-state index contributed by atoms with van der Waals surface area (Å²) in [6, 6.07) is 9.89. The summed E-state index contributed by atoms with van der Waals surface area (Å²) in [5.41, 5.74) is 10.4. The molecule has 21 heavy (non-hydrogen) atoms. The smallest absolute Gasteiger partial charge is 0.248 e. The molecule has 0 radical (unpaired) electrons. The summed E-state index contributed by atoms with van der Waals surface area (Å²) >= 11 is 0. The lowest BCUT2D eigenvalue weighted by molar-refractivity contribution is 0.1000. The normalized spacial score (nSPS) is 17.1. The Morgan fingerprint density at radius 1 is 1.38 bits per heavy atom. The third-order valence-corrected chi connectivity index (χ3v) is 4.04. The van der Waals surface area contributed by atoms with Crippen LogP contribution < -0.4 is 11.1 Å². The van der Waals surface area contributed by atoms with E-state index in [2.05, 4.69) is 16.4 Å². The van der Waals surface area contributed by atoms with Gasteiger partial charge in [-0.05, 0) is 61.6 Å². The average Bonchev–Trinajstić information content (AvgIpc) is 2.49. The van der Waals surface area contributed by atoms with Gasteiger partial charge in [0.25, 0.3) is 0 Å². The Morgan fingerprint density at radius 3 is 3.00 bits per heavy atom. The van der Waals surface area contributed by atoms with Crippen LogP contribution in [0.4, 0.5) is 5.69 Å². The molecule has 4 heteroatoms. The Labute approximate surface area is 124 Å². The molecule has 0 saturated heterocycles. The molecule has 1 unspecified atom stereocenters. The molecule has 3 N–H and O–H groups in total. The molecule has 4 nitrogen and oxygen atoms in total. The molecule has 2 aromatic rings. The highest BCUT2D eigenvalue weighted by Crippen LogP contribution is 2.31. The molecule has 1 aromatic heterocycles. The molecule has 1 aliphatic rings. The van der Waals surface area contributed by atoms with Crippen LogP contribution in [0.2, 0.25) is 0 Å². The van der Waals surface area contributed by atoms with Crippen molar-refractivity contribution in [3.05, 3.63) is 58.9 Å². The van der Waals surface area contributed by atoms with Crippen molar-refractivity contribution in [2.45, 2.75) is 32.2 Å². The number of hydrogen-bond acceptors (Lipinski definition) is 3. The number of aromatic nitrogens is 1. The molecule has 108 valence electrons. The van der Waals surface area contributed by atoms with Gasteiger partial charge in [-0.2, -0.15) is 0 Å². The minimum Gasteiger partial charge on any atom is -0.376 e. The average molecular weight is 281 g/mol. The number of aryl methyl sites for hydroxylation is 2. The van der Waals surface area contributed by atoms with E-state index in [-0.39, 0.29) is 6.04 Å². The molecular formula is C17H19N3O. The van der Waals surface area contributed by atoms with Crippen LogP contribution in [0.1, 0.15) is 46.1 Å². The number of carbonyl (C=O) groups is 1. The molecule has 1 amide bonds. The van der Waals surface area contributed by atoms with Gasteiger partial charge in [-0.15, -0.1) is 0 Å². The summed E-state index contributed by atoms with van der Waals surface area (Å²) in [7, 11) is 0. The summed E-state index contributed by atoms with van der Waals surface area (Å²) < 4.78 is 0. The number of anilines is 1. The minimum atomic E-state index is -0.394. The maximum absolute atomic E-state index is 11.2. The molecule has 0 saturated carbocycles. The molecule has 1 aromatic carbocycles. The number of rotatable bonds is 3. The first-order valence-electron chi connectivity index (χ1n) is 7.26. The van der Waals surface area contributed by atoms with Crippen molar-refractivity contribution in [2.75, 3.05) is 5.32 Å². The summed E-state index contributed by atoms with van der Waals surface area (Å²) in [4.78, 5) is 15.7. The fourth-order valence-corrected chi connectivity index (χ4v) is 2.92. The summed E-state index contributed by atoms with van der Waals surface area (Å²) in [6.07, 6.45) is 5.18. The summed E-state index contributed by atoms with van der Waals surface area (Å²) in [6.45, 7) is 1.98. The van der Waals surface area contributed by atoms with E-state index < -0.39 is 5.91 Å². The van der Waals surface area contributed by atoms with Crippen LogP contribution in [0, 0.1) is 6.92 Å². The van der Waals surface area contributed by atoms with Crippen LogP contribution in [0.15, 0.2) is 36.5 Å². The number of nitrogens with two attached hydrogens (primary N) is 1. The van der Waals surface area contributed by atoms with E-state index in [4.69, 9.17) is 5.73 Å². The van der Waals surface area contributed by atoms with Crippen molar-refractivity contribution in [1.82, 2.24) is 4.98 Å². The van der Waals surface area contributed by atoms with Crippen LogP contribution in [-0.2, 0) is 6.42 Å². The highest BCUT2D eigenvalue weighted by Gasteiger charge is 2.21. The molecule has 0 bridgehead atoms. The van der Waals surface area contributed by atoms with Crippen LogP contribution in [-0.4, -0.2) is 10.9 Å². The minimum absolute atomic E-state index is 0.230. The van der Waals surface area contributed by atoms with Crippen molar-refractivity contribution in [1.29, 1.82) is 0 Å². The molecule has 1 aliphatic carbocycles. The zero-order chi connectivity index (χ0) is 14.8. The lowest BCUT2D eigenvalue weighted by Gasteiger charge is -2.26. The van der Waals surface area contributed by atoms with Crippen molar-refractivity contribution in [3.8, 4) is 0 Å². The van der Waals surface area contributed by atoms with Gasteiger partial charge in [0.1, 0.15) is 0 Å². The van der Waals surface area contributed by atoms with Gasteiger partial charge in [0.15, 0.2) is 0 Å². The van der Waals surface area contributed by atoms with Gasteiger partial charge < -0.3 is 11.1 Å². The first kappa shape index (κ1) is 13.6. The first-order valence-corrected chi connectivity index (χ1v) is 7.26. The lowest BCUT2D eigenvalue weighted by atomic mass is 9.91. The zero-order valence-electron chi connectivity index (χ0n) is 12.1. The molecule has 3 rings (SSSR count). The molecule has 0 spiro atoms. The second-order valence-electron chi connectivity index (χ2n) is 5.53. The van der Waals surface area contributed by atoms with E-state index in [1.807, 2.05) is 31.3 Å². The van der Waals surface area contributed by atoms with Gasteiger partial charge in [0.2, 0.25) is 5.91 Å². The second kappa shape index (κ2) is 5.56. The maximum Gasteiger partial charge on any atom is 0.248 e. The van der Waals surface area contributed by atoms with Crippen LogP contribution >= 0.6 is 0 Å². The number of nitrogens with zero attached hydrogens (tertiary/aromatic N) is 1. The van der Waals surface area contributed by atoms with Gasteiger partial charge in [0, 0.05) is 17.4 Å². The largest absolute Gasteiger partial charge is 0.376 e. The van der Waals surface area contributed by atoms with Crippen molar-refractivity contribution >= 4 is 11.6 Å². The summed E-state index contributed by atoms with van der Waals surface area (Å²) in [5.74, 6) is -0.394. The maximum atomic E-state index is 11.2. The van der Waals surface area contributed by atoms with Crippen LogP contribution in [0.25, 0.3) is 0 Å². The number of primary amides is 1. The van der Waals surface area contributed by atoms with Gasteiger partial charge in [-0.3, -0.25) is 9.78 Å². The highest BCUT2D eigenvalue weighted by molar-refractivity contribution is 5.93. The molecular weight excluding hydrogens is 262 g/mol. The number of pyridine rings is 1. The summed E-state index contributed by atoms with van der Waals surface area (Å²) in [5, 5.41) is 3.56. The topological polar surface area (TPSA) is 68.0 Å². The standard InChI is InChI=1S/C17H19N3O/c1-11-10-13(17(18)21)7-8-14(11)20-15-6-2-4-12-5-3-9-19-16(12)15/h3,5,7-10,15,20H,2,4,6H2,1H3,(H2,18,21). The van der Waals surface area contributed by atoms with E-state index in [1.165, 1.54) is 5.56 Å².